The van der Waals surface area contributed by atoms with E-state index in [-0.39, 0.29) is 11.8 Å². The van der Waals surface area contributed by atoms with Crippen molar-refractivity contribution < 1.29 is 14.3 Å². The summed E-state index contributed by atoms with van der Waals surface area (Å²) in [6, 6.07) is 15.3. The Hall–Kier alpha value is -4.05. The van der Waals surface area contributed by atoms with Crippen molar-refractivity contribution in [2.45, 2.75) is 25.7 Å². The molecular formula is C27H28N4O3. The van der Waals surface area contributed by atoms with E-state index in [1.807, 2.05) is 58.4 Å². The number of carbonyl (C=O) groups excluding carboxylic acids is 2. The summed E-state index contributed by atoms with van der Waals surface area (Å²) in [5.74, 6) is 1.47. The van der Waals surface area contributed by atoms with Crippen LogP contribution in [0.1, 0.15) is 47.2 Å². The van der Waals surface area contributed by atoms with Crippen LogP contribution in [0.2, 0.25) is 0 Å². The van der Waals surface area contributed by atoms with Crippen LogP contribution in [0, 0.1) is 11.3 Å². The van der Waals surface area contributed by atoms with Crippen molar-refractivity contribution in [2.24, 2.45) is 0 Å². The van der Waals surface area contributed by atoms with Crippen LogP contribution in [-0.4, -0.2) is 43.5 Å². The predicted octanol–water partition coefficient (Wildman–Crippen LogP) is 3.94. The molecule has 2 heterocycles. The van der Waals surface area contributed by atoms with Crippen LogP contribution < -0.4 is 15.0 Å². The van der Waals surface area contributed by atoms with Crippen LogP contribution in [0.15, 0.2) is 66.5 Å². The summed E-state index contributed by atoms with van der Waals surface area (Å²) in [5, 5.41) is 11.9. The molecule has 1 N–H and O–H groups in total. The van der Waals surface area contributed by atoms with Crippen LogP contribution in [0.4, 0.5) is 5.69 Å². The topological polar surface area (TPSA) is 85.7 Å². The molecule has 0 saturated carbocycles. The van der Waals surface area contributed by atoms with Gasteiger partial charge in [0.15, 0.2) is 0 Å². The van der Waals surface area contributed by atoms with Gasteiger partial charge in [-0.15, -0.1) is 0 Å². The zero-order chi connectivity index (χ0) is 24.1. The van der Waals surface area contributed by atoms with Crippen molar-refractivity contribution in [3.63, 3.8) is 0 Å². The molecule has 0 bridgehead atoms. The fraction of sp³-hybridized carbons (Fsp3) is 0.296. The highest BCUT2D eigenvalue weighted by atomic mass is 16.5. The molecule has 34 heavy (non-hydrogen) atoms. The van der Waals surface area contributed by atoms with Gasteiger partial charge in [0, 0.05) is 32.1 Å². The molecule has 2 aromatic carbocycles. The second-order valence-corrected chi connectivity index (χ2v) is 8.46. The first-order chi connectivity index (χ1) is 16.5. The minimum absolute atomic E-state index is 0.0141. The highest BCUT2D eigenvalue weighted by Gasteiger charge is 2.26. The van der Waals surface area contributed by atoms with E-state index in [1.54, 1.807) is 19.2 Å². The number of likely N-dealkylation sites (tertiary alicyclic amines) is 1. The van der Waals surface area contributed by atoms with Gasteiger partial charge in [0.05, 0.1) is 24.4 Å². The van der Waals surface area contributed by atoms with E-state index in [2.05, 4.69) is 11.4 Å². The largest absolute Gasteiger partial charge is 0.495 e. The molecule has 2 aromatic rings. The van der Waals surface area contributed by atoms with Gasteiger partial charge < -0.3 is 19.9 Å². The molecular weight excluding hydrogens is 428 g/mol. The number of nitrogens with zero attached hydrogens (tertiary/aromatic N) is 3. The summed E-state index contributed by atoms with van der Waals surface area (Å²) in [7, 11) is 1.59. The molecule has 7 heteroatoms. The smallest absolute Gasteiger partial charge is 0.253 e. The SMILES string of the molecule is COc1ccc(C(=O)N2CCC(c3ccc(C#N)cc3)CC2)cc1N1CC=CC=C1NC(C)=O. The molecule has 4 rings (SSSR count). The average molecular weight is 457 g/mol. The highest BCUT2D eigenvalue weighted by molar-refractivity contribution is 5.96. The van der Waals surface area contributed by atoms with Crippen LogP contribution in [0.3, 0.4) is 0 Å². The van der Waals surface area contributed by atoms with Crippen molar-refractivity contribution in [3.8, 4) is 11.8 Å². The molecule has 0 spiro atoms. The number of anilines is 1. The fourth-order valence-corrected chi connectivity index (χ4v) is 4.49. The predicted molar refractivity (Wildman–Crippen MR) is 130 cm³/mol. The third-order valence-corrected chi connectivity index (χ3v) is 6.28. The van der Waals surface area contributed by atoms with Crippen molar-refractivity contribution in [1.82, 2.24) is 10.2 Å². The zero-order valence-electron chi connectivity index (χ0n) is 19.5. The summed E-state index contributed by atoms with van der Waals surface area (Å²) in [6.45, 7) is 3.37. The second kappa shape index (κ2) is 10.3. The maximum absolute atomic E-state index is 13.4. The Morgan fingerprint density at radius 3 is 2.50 bits per heavy atom. The Kier molecular flexibility index (Phi) is 6.98. The Morgan fingerprint density at radius 1 is 1.12 bits per heavy atom. The number of carbonyl (C=O) groups is 2. The summed E-state index contributed by atoms with van der Waals surface area (Å²) in [6.07, 6.45) is 7.46. The quantitative estimate of drug-likeness (QED) is 0.737. The average Bonchev–Trinajstić information content (AvgIpc) is 2.88. The molecule has 2 amide bonds. The first-order valence-electron chi connectivity index (χ1n) is 11.4. The first kappa shape index (κ1) is 23.1. The molecule has 0 atom stereocenters. The summed E-state index contributed by atoms with van der Waals surface area (Å²) in [5.41, 5.74) is 3.19. The molecule has 0 aliphatic carbocycles. The Morgan fingerprint density at radius 2 is 1.85 bits per heavy atom. The van der Waals surface area contributed by atoms with Gasteiger partial charge in [-0.2, -0.15) is 5.26 Å². The lowest BCUT2D eigenvalue weighted by Gasteiger charge is -2.33. The minimum atomic E-state index is -0.164. The molecule has 174 valence electrons. The molecule has 1 fully saturated rings. The Balaban J connectivity index is 1.50. The van der Waals surface area contributed by atoms with E-state index in [0.717, 1.165) is 18.5 Å². The van der Waals surface area contributed by atoms with Crippen LogP contribution in [0.5, 0.6) is 5.75 Å². The van der Waals surface area contributed by atoms with Gasteiger partial charge in [0.1, 0.15) is 11.6 Å². The minimum Gasteiger partial charge on any atom is -0.495 e. The van der Waals surface area contributed by atoms with Crippen LogP contribution >= 0.6 is 0 Å². The number of hydrogen-bond acceptors (Lipinski definition) is 5. The van der Waals surface area contributed by atoms with Gasteiger partial charge in [0.2, 0.25) is 5.91 Å². The second-order valence-electron chi connectivity index (χ2n) is 8.46. The number of nitrogens with one attached hydrogen (secondary N) is 1. The molecule has 2 aliphatic heterocycles. The van der Waals surface area contributed by atoms with Gasteiger partial charge in [-0.25, -0.2) is 0 Å². The molecule has 0 aromatic heterocycles. The van der Waals surface area contributed by atoms with E-state index in [4.69, 9.17) is 10.00 Å². The van der Waals surface area contributed by atoms with E-state index < -0.39 is 0 Å². The summed E-state index contributed by atoms with van der Waals surface area (Å²) < 4.78 is 5.56. The van der Waals surface area contributed by atoms with Gasteiger partial charge in [0.25, 0.3) is 5.91 Å². The van der Waals surface area contributed by atoms with E-state index in [1.165, 1.54) is 12.5 Å². The number of benzene rings is 2. The molecule has 0 unspecified atom stereocenters. The normalized spacial score (nSPS) is 16.0. The van der Waals surface area contributed by atoms with Crippen molar-refractivity contribution in [3.05, 3.63) is 83.2 Å². The number of methoxy groups -OCH3 is 1. The van der Waals surface area contributed by atoms with Crippen LogP contribution in [-0.2, 0) is 4.79 Å². The maximum atomic E-state index is 13.4. The molecule has 7 nitrogen and oxygen atoms in total. The van der Waals surface area contributed by atoms with Gasteiger partial charge >= 0.3 is 0 Å². The van der Waals surface area contributed by atoms with Gasteiger partial charge in [-0.1, -0.05) is 24.3 Å². The summed E-state index contributed by atoms with van der Waals surface area (Å²) >= 11 is 0. The lowest BCUT2D eigenvalue weighted by atomic mass is 9.89. The maximum Gasteiger partial charge on any atom is 0.253 e. The fourth-order valence-electron chi connectivity index (χ4n) is 4.49. The molecule has 1 saturated heterocycles. The zero-order valence-corrected chi connectivity index (χ0v) is 19.5. The summed E-state index contributed by atoms with van der Waals surface area (Å²) in [4.78, 5) is 28.8. The van der Waals surface area contributed by atoms with Crippen molar-refractivity contribution >= 4 is 17.5 Å². The first-order valence-corrected chi connectivity index (χ1v) is 11.4. The lowest BCUT2D eigenvalue weighted by Crippen LogP contribution is -2.38. The number of hydrogen-bond donors (Lipinski definition) is 1. The number of rotatable bonds is 5. The van der Waals surface area contributed by atoms with Crippen molar-refractivity contribution in [1.29, 1.82) is 5.26 Å². The molecule has 0 radical (unpaired) electrons. The highest BCUT2D eigenvalue weighted by Crippen LogP contribution is 2.34. The van der Waals surface area contributed by atoms with E-state index >= 15 is 0 Å². The Labute approximate surface area is 199 Å². The number of allylic oxidation sites excluding steroid dienone is 2. The number of ether oxygens (including phenoxy) is 1. The third-order valence-electron chi connectivity index (χ3n) is 6.28. The Bertz CT molecular complexity index is 1170. The number of nitriles is 1. The third kappa shape index (κ3) is 4.96. The monoisotopic (exact) mass is 456 g/mol. The molecule has 2 aliphatic rings. The van der Waals surface area contributed by atoms with Crippen molar-refractivity contribution in [2.75, 3.05) is 31.6 Å². The van der Waals surface area contributed by atoms with Gasteiger partial charge in [-0.05, 0) is 60.7 Å². The standard InChI is InChI=1S/C27H28N4O3/c1-19(32)29-26-5-3-4-14-31(26)24-17-23(10-11-25(24)34-2)27(33)30-15-12-22(13-16-30)21-8-6-20(18-28)7-9-21/h3-11,17,22H,12-16H2,1-2H3,(H,29,32). The van der Waals surface area contributed by atoms with Gasteiger partial charge in [-0.3, -0.25) is 9.59 Å². The number of piperidine rings is 1. The van der Waals surface area contributed by atoms with E-state index in [9.17, 15) is 9.59 Å². The van der Waals surface area contributed by atoms with Crippen LogP contribution in [0.25, 0.3) is 0 Å². The lowest BCUT2D eigenvalue weighted by molar-refractivity contribution is -0.118. The van der Waals surface area contributed by atoms with E-state index in [0.29, 0.717) is 48.2 Å². The number of amides is 2.